The predicted octanol–water partition coefficient (Wildman–Crippen LogP) is 2.57. The van der Waals surface area contributed by atoms with Crippen molar-refractivity contribution in [2.45, 2.75) is 10.2 Å². The molecule has 0 saturated carbocycles. The highest BCUT2D eigenvalue weighted by atomic mass is 32.2. The fraction of sp³-hybridized carbons (Fsp3) is 0. The van der Waals surface area contributed by atoms with Crippen molar-refractivity contribution in [3.8, 4) is 0 Å². The average Bonchev–Trinajstić information content (AvgIpc) is 2.40. The summed E-state index contributed by atoms with van der Waals surface area (Å²) in [6, 6.07) is 9.80. The van der Waals surface area contributed by atoms with Crippen LogP contribution < -0.4 is 0 Å². The summed E-state index contributed by atoms with van der Waals surface area (Å²) < 4.78 is 0. The Bertz CT molecular complexity index is 637. The van der Waals surface area contributed by atoms with Crippen LogP contribution >= 0.6 is 11.8 Å². The summed E-state index contributed by atoms with van der Waals surface area (Å²) in [5, 5.41) is 11.8. The molecule has 0 aliphatic rings. The standard InChI is InChI=1S/C12H8N4S/c1-2-5-10-9(4-1)8-15-16-11(10)17-12-13-6-3-7-14-12/h1-8H. The lowest BCUT2D eigenvalue weighted by atomic mass is 10.2. The number of benzene rings is 1. The van der Waals surface area contributed by atoms with E-state index in [0.29, 0.717) is 5.16 Å². The molecule has 0 N–H and O–H groups in total. The molecule has 0 aliphatic carbocycles. The number of nitrogens with zero attached hydrogens (tertiary/aromatic N) is 4. The zero-order valence-electron chi connectivity index (χ0n) is 8.82. The van der Waals surface area contributed by atoms with Gasteiger partial charge >= 0.3 is 0 Å². The highest BCUT2D eigenvalue weighted by molar-refractivity contribution is 7.99. The maximum atomic E-state index is 4.16. The lowest BCUT2D eigenvalue weighted by Gasteiger charge is -2.02. The second-order valence-electron chi connectivity index (χ2n) is 3.37. The molecule has 17 heavy (non-hydrogen) atoms. The highest BCUT2D eigenvalue weighted by Gasteiger charge is 2.06. The first-order valence-corrected chi connectivity index (χ1v) is 5.90. The Morgan fingerprint density at radius 2 is 1.76 bits per heavy atom. The molecule has 0 unspecified atom stereocenters. The van der Waals surface area contributed by atoms with Crippen LogP contribution in [0.4, 0.5) is 0 Å². The summed E-state index contributed by atoms with van der Waals surface area (Å²) in [5.41, 5.74) is 0. The third kappa shape index (κ3) is 2.09. The van der Waals surface area contributed by atoms with E-state index in [1.165, 1.54) is 11.8 Å². The molecule has 0 aliphatic heterocycles. The van der Waals surface area contributed by atoms with E-state index in [0.717, 1.165) is 15.8 Å². The lowest BCUT2D eigenvalue weighted by molar-refractivity contribution is 0.930. The topological polar surface area (TPSA) is 51.6 Å². The number of hydrogen-bond acceptors (Lipinski definition) is 5. The van der Waals surface area contributed by atoms with Crippen LogP contribution in [0.2, 0.25) is 0 Å². The lowest BCUT2D eigenvalue weighted by Crippen LogP contribution is -1.89. The Morgan fingerprint density at radius 1 is 0.941 bits per heavy atom. The monoisotopic (exact) mass is 240 g/mol. The molecule has 2 heterocycles. The van der Waals surface area contributed by atoms with E-state index >= 15 is 0 Å². The third-order valence-corrected chi connectivity index (χ3v) is 3.15. The van der Waals surface area contributed by atoms with Gasteiger partial charge in [0, 0.05) is 23.2 Å². The Labute approximate surface area is 102 Å². The number of hydrogen-bond donors (Lipinski definition) is 0. The molecule has 0 atom stereocenters. The summed E-state index contributed by atoms with van der Waals surface area (Å²) in [6.07, 6.45) is 5.19. The molecule has 0 saturated heterocycles. The van der Waals surface area contributed by atoms with Crippen LogP contribution in [-0.4, -0.2) is 20.2 Å². The molecule has 1 aromatic carbocycles. The van der Waals surface area contributed by atoms with Crippen LogP contribution in [0, 0.1) is 0 Å². The van der Waals surface area contributed by atoms with Crippen molar-refractivity contribution in [1.82, 2.24) is 20.2 Å². The van der Waals surface area contributed by atoms with Gasteiger partial charge in [-0.3, -0.25) is 0 Å². The first kappa shape index (κ1) is 10.2. The van der Waals surface area contributed by atoms with Crippen molar-refractivity contribution in [2.24, 2.45) is 0 Å². The largest absolute Gasteiger partial charge is 0.231 e. The Morgan fingerprint density at radius 3 is 2.65 bits per heavy atom. The number of fused-ring (bicyclic) bond motifs is 1. The number of aromatic nitrogens is 4. The Balaban J connectivity index is 2.06. The molecule has 0 fully saturated rings. The van der Waals surface area contributed by atoms with Gasteiger partial charge < -0.3 is 0 Å². The van der Waals surface area contributed by atoms with E-state index < -0.39 is 0 Å². The van der Waals surface area contributed by atoms with Gasteiger partial charge in [0.1, 0.15) is 5.03 Å². The summed E-state index contributed by atoms with van der Waals surface area (Å²) in [6.45, 7) is 0. The van der Waals surface area contributed by atoms with Gasteiger partial charge in [0.15, 0.2) is 5.16 Å². The summed E-state index contributed by atoms with van der Waals surface area (Å²) >= 11 is 1.42. The van der Waals surface area contributed by atoms with Crippen molar-refractivity contribution in [2.75, 3.05) is 0 Å². The van der Waals surface area contributed by atoms with Crippen molar-refractivity contribution >= 4 is 22.5 Å². The minimum Gasteiger partial charge on any atom is -0.231 e. The average molecular weight is 240 g/mol. The number of rotatable bonds is 2. The highest BCUT2D eigenvalue weighted by Crippen LogP contribution is 2.28. The first-order valence-electron chi connectivity index (χ1n) is 5.09. The predicted molar refractivity (Wildman–Crippen MR) is 65.7 cm³/mol. The minimum absolute atomic E-state index is 0.679. The molecule has 0 bridgehead atoms. The van der Waals surface area contributed by atoms with Gasteiger partial charge in [0.25, 0.3) is 0 Å². The third-order valence-electron chi connectivity index (χ3n) is 2.27. The SMILES string of the molecule is c1cnc(Sc2nncc3ccccc23)nc1. The molecule has 0 amide bonds. The molecule has 2 aromatic heterocycles. The van der Waals surface area contributed by atoms with Crippen LogP contribution in [0.5, 0.6) is 0 Å². The van der Waals surface area contributed by atoms with Crippen molar-refractivity contribution in [1.29, 1.82) is 0 Å². The fourth-order valence-electron chi connectivity index (χ4n) is 1.50. The maximum Gasteiger partial charge on any atom is 0.193 e. The molecule has 3 aromatic rings. The van der Waals surface area contributed by atoms with Crippen molar-refractivity contribution in [3.63, 3.8) is 0 Å². The van der Waals surface area contributed by atoms with Gasteiger partial charge in [-0.05, 0) is 17.8 Å². The van der Waals surface area contributed by atoms with E-state index in [-0.39, 0.29) is 0 Å². The van der Waals surface area contributed by atoms with E-state index in [2.05, 4.69) is 20.2 Å². The van der Waals surface area contributed by atoms with Gasteiger partial charge in [-0.25, -0.2) is 9.97 Å². The van der Waals surface area contributed by atoms with Crippen LogP contribution in [-0.2, 0) is 0 Å². The summed E-state index contributed by atoms with van der Waals surface area (Å²) in [7, 11) is 0. The fourth-order valence-corrected chi connectivity index (χ4v) is 2.29. The Kier molecular flexibility index (Phi) is 2.67. The Hall–Kier alpha value is -2.01. The van der Waals surface area contributed by atoms with E-state index in [9.17, 15) is 0 Å². The minimum atomic E-state index is 0.679. The molecule has 0 spiro atoms. The van der Waals surface area contributed by atoms with Crippen LogP contribution in [0.1, 0.15) is 0 Å². The second kappa shape index (κ2) is 4.47. The zero-order valence-corrected chi connectivity index (χ0v) is 9.63. The van der Waals surface area contributed by atoms with E-state index in [1.54, 1.807) is 24.7 Å². The molecular weight excluding hydrogens is 232 g/mol. The van der Waals surface area contributed by atoms with Crippen molar-refractivity contribution in [3.05, 3.63) is 48.9 Å². The molecule has 0 radical (unpaired) electrons. The van der Waals surface area contributed by atoms with Gasteiger partial charge in [0.05, 0.1) is 6.20 Å². The molecule has 5 heteroatoms. The molecule has 82 valence electrons. The van der Waals surface area contributed by atoms with Gasteiger partial charge in [-0.2, -0.15) is 5.10 Å². The molecule has 3 rings (SSSR count). The maximum absolute atomic E-state index is 4.16. The van der Waals surface area contributed by atoms with E-state index in [4.69, 9.17) is 0 Å². The zero-order chi connectivity index (χ0) is 11.5. The second-order valence-corrected chi connectivity index (χ2v) is 4.33. The van der Waals surface area contributed by atoms with Crippen LogP contribution in [0.15, 0.2) is 59.1 Å². The van der Waals surface area contributed by atoms with Crippen molar-refractivity contribution < 1.29 is 0 Å². The van der Waals surface area contributed by atoms with Gasteiger partial charge in [-0.15, -0.1) is 5.10 Å². The molecule has 4 nitrogen and oxygen atoms in total. The van der Waals surface area contributed by atoms with E-state index in [1.807, 2.05) is 24.3 Å². The normalized spacial score (nSPS) is 10.6. The van der Waals surface area contributed by atoms with Crippen LogP contribution in [0.25, 0.3) is 10.8 Å². The molecular formula is C12H8N4S. The van der Waals surface area contributed by atoms with Gasteiger partial charge in [0.2, 0.25) is 0 Å². The first-order chi connectivity index (χ1) is 8.43. The quantitative estimate of drug-likeness (QED) is 0.644. The van der Waals surface area contributed by atoms with Gasteiger partial charge in [-0.1, -0.05) is 24.3 Å². The summed E-state index contributed by atoms with van der Waals surface area (Å²) in [4.78, 5) is 8.33. The summed E-state index contributed by atoms with van der Waals surface area (Å²) in [5.74, 6) is 0. The van der Waals surface area contributed by atoms with Crippen LogP contribution in [0.3, 0.4) is 0 Å². The smallest absolute Gasteiger partial charge is 0.193 e.